The van der Waals surface area contributed by atoms with Crippen molar-refractivity contribution in [1.29, 1.82) is 5.26 Å². The number of anilines is 2. The van der Waals surface area contributed by atoms with Crippen LogP contribution in [0.4, 0.5) is 11.4 Å². The largest absolute Gasteiger partial charge is 0.448 e. The summed E-state index contributed by atoms with van der Waals surface area (Å²) in [6.45, 7) is 7.77. The van der Waals surface area contributed by atoms with Crippen molar-refractivity contribution in [2.24, 2.45) is 0 Å². The molecule has 35 heavy (non-hydrogen) atoms. The first-order chi connectivity index (χ1) is 16.9. The minimum atomic E-state index is -0.265. The van der Waals surface area contributed by atoms with Crippen molar-refractivity contribution < 1.29 is 9.21 Å². The van der Waals surface area contributed by atoms with Crippen LogP contribution >= 0.6 is 0 Å². The highest BCUT2D eigenvalue weighted by Gasteiger charge is 2.26. The zero-order valence-electron chi connectivity index (χ0n) is 20.2. The molecular formula is C27H29N5O3. The number of aryl methyl sites for hydroxylation is 1. The van der Waals surface area contributed by atoms with E-state index in [0.717, 1.165) is 43.1 Å². The third-order valence-electron chi connectivity index (χ3n) is 7.06. The third-order valence-corrected chi connectivity index (χ3v) is 7.06. The average Bonchev–Trinajstić information content (AvgIpc) is 2.89. The van der Waals surface area contributed by atoms with Gasteiger partial charge in [0, 0.05) is 64.1 Å². The molecule has 2 aliphatic heterocycles. The van der Waals surface area contributed by atoms with Crippen molar-refractivity contribution in [3.05, 3.63) is 69.6 Å². The Bertz CT molecular complexity index is 1360. The van der Waals surface area contributed by atoms with E-state index < -0.39 is 0 Å². The Hall–Kier alpha value is -3.83. The van der Waals surface area contributed by atoms with E-state index >= 15 is 0 Å². The summed E-state index contributed by atoms with van der Waals surface area (Å²) in [5, 5.41) is 9.83. The first-order valence-corrected chi connectivity index (χ1v) is 12.0. The summed E-state index contributed by atoms with van der Waals surface area (Å²) in [5.74, 6) is -0.182. The molecular weight excluding hydrogens is 442 g/mol. The van der Waals surface area contributed by atoms with Gasteiger partial charge >= 0.3 is 0 Å². The number of amides is 1. The van der Waals surface area contributed by atoms with E-state index in [4.69, 9.17) is 4.42 Å². The summed E-state index contributed by atoms with van der Waals surface area (Å²) in [6.07, 6.45) is 0. The minimum absolute atomic E-state index is 0.0830. The van der Waals surface area contributed by atoms with Gasteiger partial charge in [0.25, 0.3) is 5.91 Å². The Morgan fingerprint density at radius 1 is 0.943 bits per heavy atom. The van der Waals surface area contributed by atoms with Crippen LogP contribution in [0.2, 0.25) is 0 Å². The smallest absolute Gasteiger partial charge is 0.289 e. The maximum Gasteiger partial charge on any atom is 0.289 e. The zero-order valence-corrected chi connectivity index (χ0v) is 20.2. The lowest BCUT2D eigenvalue weighted by Crippen LogP contribution is -2.49. The number of hydrogen-bond donors (Lipinski definition) is 0. The summed E-state index contributed by atoms with van der Waals surface area (Å²) in [4.78, 5) is 34.6. The molecule has 180 valence electrons. The van der Waals surface area contributed by atoms with Gasteiger partial charge in [-0.1, -0.05) is 12.1 Å². The molecule has 5 rings (SSSR count). The van der Waals surface area contributed by atoms with Crippen molar-refractivity contribution in [2.75, 3.05) is 69.2 Å². The molecule has 0 saturated carbocycles. The van der Waals surface area contributed by atoms with Crippen molar-refractivity contribution in [1.82, 2.24) is 9.80 Å². The van der Waals surface area contributed by atoms with Crippen LogP contribution in [0.3, 0.4) is 0 Å². The van der Waals surface area contributed by atoms with Gasteiger partial charge in [-0.05, 0) is 43.8 Å². The summed E-state index contributed by atoms with van der Waals surface area (Å²) in [5.41, 5.74) is 3.73. The van der Waals surface area contributed by atoms with Gasteiger partial charge < -0.3 is 24.0 Å². The van der Waals surface area contributed by atoms with Gasteiger partial charge in [-0.15, -0.1) is 0 Å². The highest BCUT2D eigenvalue weighted by molar-refractivity contribution is 5.95. The molecule has 0 atom stereocenters. The number of likely N-dealkylation sites (N-methyl/N-ethyl adjacent to an activating group) is 1. The molecule has 2 saturated heterocycles. The van der Waals surface area contributed by atoms with Gasteiger partial charge in [0.15, 0.2) is 16.8 Å². The molecule has 0 unspecified atom stereocenters. The lowest BCUT2D eigenvalue weighted by atomic mass is 10.1. The van der Waals surface area contributed by atoms with Gasteiger partial charge in [0.05, 0.1) is 22.7 Å². The monoisotopic (exact) mass is 471 g/mol. The van der Waals surface area contributed by atoms with E-state index in [1.807, 2.05) is 37.3 Å². The van der Waals surface area contributed by atoms with Crippen molar-refractivity contribution in [3.8, 4) is 6.07 Å². The summed E-state index contributed by atoms with van der Waals surface area (Å²) >= 11 is 0. The first kappa shape index (κ1) is 22.9. The fraction of sp³-hybridized carbons (Fsp3) is 0.370. The number of nitrogens with zero attached hydrogens (tertiary/aromatic N) is 5. The molecule has 0 spiro atoms. The summed E-state index contributed by atoms with van der Waals surface area (Å²) in [7, 11) is 2.10. The van der Waals surface area contributed by atoms with Crippen LogP contribution in [0.25, 0.3) is 11.0 Å². The quantitative estimate of drug-likeness (QED) is 0.581. The Morgan fingerprint density at radius 3 is 2.37 bits per heavy atom. The number of rotatable bonds is 3. The molecule has 2 aromatic carbocycles. The predicted molar refractivity (Wildman–Crippen MR) is 136 cm³/mol. The maximum absolute atomic E-state index is 13.3. The first-order valence-electron chi connectivity index (χ1n) is 12.0. The SMILES string of the molecule is Cc1ccc(N2CCN(C(=O)c3cc(=O)c4cccc(N5CCN(C)CC5)c4o3)CC2)cc1C#N. The van der Waals surface area contributed by atoms with E-state index in [1.165, 1.54) is 6.07 Å². The number of hydrogen-bond acceptors (Lipinski definition) is 7. The molecule has 0 aliphatic carbocycles. The number of piperazine rings is 2. The summed E-state index contributed by atoms with van der Waals surface area (Å²) < 4.78 is 6.13. The molecule has 2 aliphatic rings. The molecule has 1 aromatic heterocycles. The topological polar surface area (TPSA) is 84.0 Å². The standard InChI is InChI=1S/C27H29N5O3/c1-19-6-7-21(16-20(19)18-28)30-12-14-32(15-13-30)27(34)25-17-24(33)22-4-3-5-23(26(22)35-25)31-10-8-29(2)9-11-31/h3-7,16-17H,8-15H2,1-2H3. The van der Waals surface area contributed by atoms with E-state index in [1.54, 1.807) is 11.0 Å². The number of carbonyl (C=O) groups excluding carboxylic acids is 1. The third kappa shape index (κ3) is 4.47. The van der Waals surface area contributed by atoms with Gasteiger partial charge in [-0.3, -0.25) is 9.59 Å². The van der Waals surface area contributed by atoms with Crippen LogP contribution < -0.4 is 15.2 Å². The highest BCUT2D eigenvalue weighted by atomic mass is 16.3. The molecule has 3 aromatic rings. The second-order valence-electron chi connectivity index (χ2n) is 9.31. The van der Waals surface area contributed by atoms with Gasteiger partial charge in [0.1, 0.15) is 0 Å². The number of nitriles is 1. The number of carbonyl (C=O) groups is 1. The van der Waals surface area contributed by atoms with Crippen molar-refractivity contribution in [3.63, 3.8) is 0 Å². The van der Waals surface area contributed by atoms with Crippen LogP contribution in [0.5, 0.6) is 0 Å². The Balaban J connectivity index is 1.36. The lowest BCUT2D eigenvalue weighted by molar-refractivity contribution is 0.0715. The Labute approximate surface area is 204 Å². The van der Waals surface area contributed by atoms with E-state index in [9.17, 15) is 14.9 Å². The van der Waals surface area contributed by atoms with Crippen LogP contribution in [-0.2, 0) is 0 Å². The minimum Gasteiger partial charge on any atom is -0.448 e. The van der Waals surface area contributed by atoms with Crippen LogP contribution in [0, 0.1) is 18.3 Å². The number of benzene rings is 2. The van der Waals surface area contributed by atoms with Gasteiger partial charge in [-0.2, -0.15) is 5.26 Å². The van der Waals surface area contributed by atoms with Crippen LogP contribution in [-0.4, -0.2) is 75.1 Å². The molecule has 0 radical (unpaired) electrons. The van der Waals surface area contributed by atoms with Gasteiger partial charge in [0.2, 0.25) is 0 Å². The average molecular weight is 472 g/mol. The van der Waals surface area contributed by atoms with E-state index in [-0.39, 0.29) is 17.1 Å². The lowest BCUT2D eigenvalue weighted by Gasteiger charge is -2.36. The Morgan fingerprint density at radius 2 is 1.66 bits per heavy atom. The zero-order chi connectivity index (χ0) is 24.5. The molecule has 0 bridgehead atoms. The van der Waals surface area contributed by atoms with E-state index in [0.29, 0.717) is 42.7 Å². The fourth-order valence-corrected chi connectivity index (χ4v) is 4.81. The second kappa shape index (κ2) is 9.43. The van der Waals surface area contributed by atoms with E-state index in [2.05, 4.69) is 27.8 Å². The normalized spacial score (nSPS) is 17.0. The number of fused-ring (bicyclic) bond motifs is 1. The molecule has 3 heterocycles. The van der Waals surface area contributed by atoms with Crippen LogP contribution in [0.1, 0.15) is 21.7 Å². The molecule has 0 N–H and O–H groups in total. The van der Waals surface area contributed by atoms with Crippen molar-refractivity contribution in [2.45, 2.75) is 6.92 Å². The number of para-hydroxylation sites is 1. The Kier molecular flexibility index (Phi) is 6.18. The molecule has 1 amide bonds. The van der Waals surface area contributed by atoms with Crippen LogP contribution in [0.15, 0.2) is 51.7 Å². The van der Waals surface area contributed by atoms with Gasteiger partial charge in [-0.25, -0.2) is 0 Å². The molecule has 2 fully saturated rings. The molecule has 8 nitrogen and oxygen atoms in total. The van der Waals surface area contributed by atoms with Crippen molar-refractivity contribution >= 4 is 28.3 Å². The summed E-state index contributed by atoms with van der Waals surface area (Å²) in [6, 6.07) is 15.0. The predicted octanol–water partition coefficient (Wildman–Crippen LogP) is 2.69. The second-order valence-corrected chi connectivity index (χ2v) is 9.31. The molecule has 8 heteroatoms. The highest BCUT2D eigenvalue weighted by Crippen LogP contribution is 2.28. The maximum atomic E-state index is 13.3. The fourth-order valence-electron chi connectivity index (χ4n) is 4.81.